The second-order valence-corrected chi connectivity index (χ2v) is 6.61. The molecule has 0 saturated carbocycles. The van der Waals surface area contributed by atoms with E-state index in [9.17, 15) is 4.79 Å². The molecule has 2 fully saturated rings. The number of nitrogens with zero attached hydrogens (tertiary/aromatic N) is 2. The van der Waals surface area contributed by atoms with Crippen molar-refractivity contribution in [3.63, 3.8) is 0 Å². The Morgan fingerprint density at radius 1 is 1.23 bits per heavy atom. The number of carbonyl (C=O) groups excluding carboxylic acids is 1. The predicted octanol–water partition coefficient (Wildman–Crippen LogP) is 0.851. The third-order valence-electron chi connectivity index (χ3n) is 4.98. The molecular weight excluding hydrogens is 278 g/mol. The van der Waals surface area contributed by atoms with E-state index in [1.54, 1.807) is 6.20 Å². The largest absolute Gasteiger partial charge is 0.350 e. The number of aromatic amines is 1. The Balaban J connectivity index is 1.34. The molecule has 1 aromatic rings. The van der Waals surface area contributed by atoms with Crippen LogP contribution < -0.4 is 10.6 Å². The van der Waals surface area contributed by atoms with Crippen LogP contribution in [0.25, 0.3) is 0 Å². The number of likely N-dealkylation sites (tertiary alicyclic amines) is 1. The van der Waals surface area contributed by atoms with Gasteiger partial charge in [0.1, 0.15) is 5.69 Å². The summed E-state index contributed by atoms with van der Waals surface area (Å²) in [5.74, 6) is 1.43. The van der Waals surface area contributed by atoms with Crippen LogP contribution >= 0.6 is 0 Å². The van der Waals surface area contributed by atoms with Gasteiger partial charge in [0, 0.05) is 13.1 Å². The molecule has 2 aliphatic heterocycles. The van der Waals surface area contributed by atoms with Crippen LogP contribution in [-0.2, 0) is 0 Å². The first-order valence-corrected chi connectivity index (χ1v) is 8.51. The number of hydrogen-bond acceptors (Lipinski definition) is 4. The maximum absolute atomic E-state index is 11.9. The number of hydrogen-bond donors (Lipinski definition) is 3. The van der Waals surface area contributed by atoms with Crippen molar-refractivity contribution in [3.8, 4) is 0 Å². The molecule has 0 bridgehead atoms. The highest BCUT2D eigenvalue weighted by atomic mass is 16.1. The van der Waals surface area contributed by atoms with Crippen molar-refractivity contribution in [2.45, 2.75) is 25.7 Å². The zero-order chi connectivity index (χ0) is 15.2. The number of imidazole rings is 1. The van der Waals surface area contributed by atoms with Crippen molar-refractivity contribution in [3.05, 3.63) is 18.2 Å². The number of rotatable bonds is 5. The first-order chi connectivity index (χ1) is 10.8. The van der Waals surface area contributed by atoms with Gasteiger partial charge in [-0.25, -0.2) is 4.98 Å². The van der Waals surface area contributed by atoms with Crippen molar-refractivity contribution in [2.24, 2.45) is 11.8 Å². The molecule has 22 heavy (non-hydrogen) atoms. The lowest BCUT2D eigenvalue weighted by molar-refractivity contribution is 0.0927. The Morgan fingerprint density at radius 2 is 2.00 bits per heavy atom. The van der Waals surface area contributed by atoms with E-state index >= 15 is 0 Å². The highest BCUT2D eigenvalue weighted by Gasteiger charge is 2.23. The van der Waals surface area contributed by atoms with Gasteiger partial charge in [0.05, 0.1) is 12.5 Å². The second-order valence-electron chi connectivity index (χ2n) is 6.61. The number of piperidine rings is 2. The van der Waals surface area contributed by atoms with E-state index in [4.69, 9.17) is 0 Å². The third-order valence-corrected chi connectivity index (χ3v) is 4.98. The molecule has 2 aliphatic rings. The molecule has 0 aliphatic carbocycles. The van der Waals surface area contributed by atoms with Gasteiger partial charge in [-0.1, -0.05) is 0 Å². The van der Waals surface area contributed by atoms with Gasteiger partial charge in [0.15, 0.2) is 0 Å². The topological polar surface area (TPSA) is 73.1 Å². The van der Waals surface area contributed by atoms with Gasteiger partial charge in [-0.05, 0) is 63.7 Å². The van der Waals surface area contributed by atoms with E-state index in [0.29, 0.717) is 11.6 Å². The van der Waals surface area contributed by atoms with E-state index in [2.05, 4.69) is 25.5 Å². The van der Waals surface area contributed by atoms with Crippen LogP contribution in [0.15, 0.2) is 12.5 Å². The fraction of sp³-hybridized carbons (Fsp3) is 0.750. The monoisotopic (exact) mass is 305 g/mol. The summed E-state index contributed by atoms with van der Waals surface area (Å²) in [5, 5.41) is 6.45. The lowest BCUT2D eigenvalue weighted by Gasteiger charge is -2.35. The molecule has 3 N–H and O–H groups in total. The Hall–Kier alpha value is -1.40. The van der Waals surface area contributed by atoms with Crippen LogP contribution in [-0.4, -0.2) is 60.0 Å². The molecule has 1 aromatic heterocycles. The molecule has 3 heterocycles. The van der Waals surface area contributed by atoms with E-state index < -0.39 is 0 Å². The minimum atomic E-state index is -0.0466. The normalized spacial score (nSPS) is 21.8. The van der Waals surface area contributed by atoms with Crippen molar-refractivity contribution < 1.29 is 4.79 Å². The zero-order valence-corrected chi connectivity index (χ0v) is 13.2. The highest BCUT2D eigenvalue weighted by Crippen LogP contribution is 2.20. The minimum Gasteiger partial charge on any atom is -0.350 e. The molecule has 3 rings (SSSR count). The lowest BCUT2D eigenvalue weighted by atomic mass is 9.93. The first kappa shape index (κ1) is 15.5. The van der Waals surface area contributed by atoms with Gasteiger partial charge >= 0.3 is 0 Å². The average molecular weight is 305 g/mol. The van der Waals surface area contributed by atoms with Crippen molar-refractivity contribution in [1.29, 1.82) is 0 Å². The number of aromatic nitrogens is 2. The third kappa shape index (κ3) is 4.30. The molecular formula is C16H27N5O. The standard InChI is InChI=1S/C16H27N5O/c22-16(15-10-18-12-20-15)19-9-13-3-7-21(8-4-13)11-14-1-5-17-6-2-14/h10,12-14,17H,1-9,11H2,(H,18,20)(H,19,22). The smallest absolute Gasteiger partial charge is 0.269 e. The fourth-order valence-electron chi connectivity index (χ4n) is 3.51. The Labute approximate surface area is 132 Å². The maximum Gasteiger partial charge on any atom is 0.269 e. The number of nitrogens with one attached hydrogen (secondary N) is 3. The lowest BCUT2D eigenvalue weighted by Crippen LogP contribution is -2.42. The quantitative estimate of drug-likeness (QED) is 0.754. The van der Waals surface area contributed by atoms with Gasteiger partial charge in [-0.15, -0.1) is 0 Å². The molecule has 0 aromatic carbocycles. The average Bonchev–Trinajstić information content (AvgIpc) is 3.09. The van der Waals surface area contributed by atoms with Crippen molar-refractivity contribution in [1.82, 2.24) is 25.5 Å². The summed E-state index contributed by atoms with van der Waals surface area (Å²) in [4.78, 5) is 21.2. The van der Waals surface area contributed by atoms with Gasteiger partial charge in [-0.3, -0.25) is 4.79 Å². The second kappa shape index (κ2) is 7.74. The van der Waals surface area contributed by atoms with Crippen LogP contribution in [0.5, 0.6) is 0 Å². The molecule has 0 spiro atoms. The Bertz CT molecular complexity index is 447. The predicted molar refractivity (Wildman–Crippen MR) is 85.7 cm³/mol. The number of carbonyl (C=O) groups is 1. The first-order valence-electron chi connectivity index (χ1n) is 8.51. The molecule has 0 unspecified atom stereocenters. The molecule has 0 radical (unpaired) electrons. The molecule has 1 amide bonds. The molecule has 122 valence electrons. The van der Waals surface area contributed by atoms with Crippen molar-refractivity contribution >= 4 is 5.91 Å². The van der Waals surface area contributed by atoms with E-state index in [1.807, 2.05) is 0 Å². The molecule has 0 atom stereocenters. The summed E-state index contributed by atoms with van der Waals surface area (Å²) in [6.45, 7) is 6.75. The van der Waals surface area contributed by atoms with E-state index in [0.717, 1.165) is 12.5 Å². The summed E-state index contributed by atoms with van der Waals surface area (Å²) in [6.07, 6.45) is 8.12. The van der Waals surface area contributed by atoms with Crippen molar-refractivity contribution in [2.75, 3.05) is 39.3 Å². The van der Waals surface area contributed by atoms with E-state index in [-0.39, 0.29) is 5.91 Å². The van der Waals surface area contributed by atoms with Crippen LogP contribution in [0.3, 0.4) is 0 Å². The van der Waals surface area contributed by atoms with Crippen LogP contribution in [0.1, 0.15) is 36.2 Å². The van der Waals surface area contributed by atoms with Crippen LogP contribution in [0.2, 0.25) is 0 Å². The SMILES string of the molecule is O=C(NCC1CCN(CC2CCNCC2)CC1)c1cnc[nH]1. The Kier molecular flexibility index (Phi) is 5.45. The molecule has 6 nitrogen and oxygen atoms in total. The van der Waals surface area contributed by atoms with Gasteiger partial charge in [-0.2, -0.15) is 0 Å². The highest BCUT2D eigenvalue weighted by molar-refractivity contribution is 5.91. The molecule has 2 saturated heterocycles. The van der Waals surface area contributed by atoms with Gasteiger partial charge < -0.3 is 20.5 Å². The maximum atomic E-state index is 11.9. The van der Waals surface area contributed by atoms with Gasteiger partial charge in [0.2, 0.25) is 0 Å². The van der Waals surface area contributed by atoms with Crippen LogP contribution in [0, 0.1) is 11.8 Å². The summed E-state index contributed by atoms with van der Waals surface area (Å²) >= 11 is 0. The van der Waals surface area contributed by atoms with E-state index in [1.165, 1.54) is 64.7 Å². The Morgan fingerprint density at radius 3 is 2.68 bits per heavy atom. The van der Waals surface area contributed by atoms with Crippen LogP contribution in [0.4, 0.5) is 0 Å². The number of H-pyrrole nitrogens is 1. The fourth-order valence-corrected chi connectivity index (χ4v) is 3.51. The summed E-state index contributed by atoms with van der Waals surface area (Å²) < 4.78 is 0. The number of amides is 1. The summed E-state index contributed by atoms with van der Waals surface area (Å²) in [7, 11) is 0. The summed E-state index contributed by atoms with van der Waals surface area (Å²) in [5.41, 5.74) is 0.545. The van der Waals surface area contributed by atoms with Gasteiger partial charge in [0.25, 0.3) is 5.91 Å². The molecule has 6 heteroatoms. The summed E-state index contributed by atoms with van der Waals surface area (Å²) in [6, 6.07) is 0. The zero-order valence-electron chi connectivity index (χ0n) is 13.2. The minimum absolute atomic E-state index is 0.0466.